The lowest BCUT2D eigenvalue weighted by molar-refractivity contribution is 0.165. The van der Waals surface area contributed by atoms with Crippen LogP contribution in [-0.4, -0.2) is 18.3 Å². The predicted molar refractivity (Wildman–Crippen MR) is 66.9 cm³/mol. The van der Waals surface area contributed by atoms with Gasteiger partial charge < -0.3 is 9.84 Å². The van der Waals surface area contributed by atoms with Gasteiger partial charge in [0.2, 0.25) is 0 Å². The second-order valence-corrected chi connectivity index (χ2v) is 4.71. The van der Waals surface area contributed by atoms with Gasteiger partial charge in [0.1, 0.15) is 5.75 Å². The number of benzene rings is 1. The molecule has 16 heavy (non-hydrogen) atoms. The van der Waals surface area contributed by atoms with E-state index in [4.69, 9.17) is 4.74 Å². The van der Waals surface area contributed by atoms with Gasteiger partial charge in [-0.25, -0.2) is 0 Å². The summed E-state index contributed by atoms with van der Waals surface area (Å²) >= 11 is 0. The zero-order valence-corrected chi connectivity index (χ0v) is 10.6. The summed E-state index contributed by atoms with van der Waals surface area (Å²) in [5.41, 5.74) is 1.27. The molecule has 1 N–H and O–H groups in total. The monoisotopic (exact) mass is 222 g/mol. The highest BCUT2D eigenvalue weighted by atomic mass is 16.5. The number of hydrogen-bond donors (Lipinski definition) is 1. The van der Waals surface area contributed by atoms with Crippen LogP contribution in [0.2, 0.25) is 0 Å². The first-order valence-corrected chi connectivity index (χ1v) is 5.86. The van der Waals surface area contributed by atoms with Gasteiger partial charge in [-0.2, -0.15) is 0 Å². The van der Waals surface area contributed by atoms with Gasteiger partial charge in [-0.05, 0) is 42.9 Å². The van der Waals surface area contributed by atoms with Gasteiger partial charge in [-0.1, -0.05) is 26.0 Å². The maximum atomic E-state index is 9.51. The van der Waals surface area contributed by atoms with Crippen molar-refractivity contribution in [2.75, 3.05) is 7.11 Å². The molecule has 0 aromatic heterocycles. The molecular formula is C14H22O2. The standard InChI is InChI=1S/C14H22O2/c1-10(2)14(9-11(3)15)12-5-7-13(16-4)8-6-12/h5-8,10-11,14-15H,9H2,1-4H3/t11-,14-/m1/s1. The molecule has 0 saturated heterocycles. The fourth-order valence-electron chi connectivity index (χ4n) is 2.01. The van der Waals surface area contributed by atoms with Crippen molar-refractivity contribution >= 4 is 0 Å². The Labute approximate surface area is 98.3 Å². The van der Waals surface area contributed by atoms with Crippen molar-refractivity contribution in [2.24, 2.45) is 5.92 Å². The average molecular weight is 222 g/mol. The summed E-state index contributed by atoms with van der Waals surface area (Å²) in [7, 11) is 1.67. The van der Waals surface area contributed by atoms with Crippen molar-refractivity contribution in [1.29, 1.82) is 0 Å². The lowest BCUT2D eigenvalue weighted by atomic mass is 9.84. The number of methoxy groups -OCH3 is 1. The molecule has 0 unspecified atom stereocenters. The van der Waals surface area contributed by atoms with Crippen molar-refractivity contribution in [3.05, 3.63) is 29.8 Å². The van der Waals surface area contributed by atoms with E-state index < -0.39 is 0 Å². The molecular weight excluding hydrogens is 200 g/mol. The quantitative estimate of drug-likeness (QED) is 0.829. The third kappa shape index (κ3) is 3.53. The lowest BCUT2D eigenvalue weighted by Crippen LogP contribution is -2.13. The highest BCUT2D eigenvalue weighted by molar-refractivity contribution is 5.29. The van der Waals surface area contributed by atoms with Gasteiger partial charge in [0.15, 0.2) is 0 Å². The van der Waals surface area contributed by atoms with E-state index in [1.54, 1.807) is 7.11 Å². The second kappa shape index (κ2) is 5.90. The van der Waals surface area contributed by atoms with Crippen LogP contribution >= 0.6 is 0 Å². The van der Waals surface area contributed by atoms with E-state index in [1.165, 1.54) is 5.56 Å². The largest absolute Gasteiger partial charge is 0.497 e. The number of ether oxygens (including phenoxy) is 1. The summed E-state index contributed by atoms with van der Waals surface area (Å²) in [6, 6.07) is 8.14. The minimum Gasteiger partial charge on any atom is -0.497 e. The molecule has 0 heterocycles. The third-order valence-corrected chi connectivity index (χ3v) is 2.94. The van der Waals surface area contributed by atoms with Crippen molar-refractivity contribution in [3.63, 3.8) is 0 Å². The number of aliphatic hydroxyl groups is 1. The summed E-state index contributed by atoms with van der Waals surface area (Å²) in [5, 5.41) is 9.51. The molecule has 2 atom stereocenters. The van der Waals surface area contributed by atoms with Crippen molar-refractivity contribution in [3.8, 4) is 5.75 Å². The highest BCUT2D eigenvalue weighted by Gasteiger charge is 2.17. The van der Waals surface area contributed by atoms with Gasteiger partial charge in [0.25, 0.3) is 0 Å². The number of rotatable bonds is 5. The van der Waals surface area contributed by atoms with Crippen LogP contribution in [0.15, 0.2) is 24.3 Å². The Kier molecular flexibility index (Phi) is 4.81. The summed E-state index contributed by atoms with van der Waals surface area (Å²) in [6.45, 7) is 6.23. The molecule has 0 bridgehead atoms. The normalized spacial score (nSPS) is 14.9. The molecule has 1 aromatic carbocycles. The fraction of sp³-hybridized carbons (Fsp3) is 0.571. The smallest absolute Gasteiger partial charge is 0.118 e. The molecule has 90 valence electrons. The molecule has 2 heteroatoms. The average Bonchev–Trinajstić information content (AvgIpc) is 2.25. The molecule has 0 fully saturated rings. The van der Waals surface area contributed by atoms with E-state index in [1.807, 2.05) is 19.1 Å². The summed E-state index contributed by atoms with van der Waals surface area (Å²) < 4.78 is 5.14. The Balaban J connectivity index is 2.84. The van der Waals surface area contributed by atoms with E-state index in [0.717, 1.165) is 12.2 Å². The predicted octanol–water partition coefficient (Wildman–Crippen LogP) is 3.21. The van der Waals surface area contributed by atoms with Crippen molar-refractivity contribution in [2.45, 2.75) is 39.2 Å². The molecule has 2 nitrogen and oxygen atoms in total. The first-order valence-electron chi connectivity index (χ1n) is 5.86. The van der Waals surface area contributed by atoms with Crippen LogP contribution in [0.4, 0.5) is 0 Å². The van der Waals surface area contributed by atoms with Gasteiger partial charge in [0.05, 0.1) is 13.2 Å². The maximum Gasteiger partial charge on any atom is 0.118 e. The van der Waals surface area contributed by atoms with Crippen LogP contribution in [-0.2, 0) is 0 Å². The van der Waals surface area contributed by atoms with E-state index in [0.29, 0.717) is 11.8 Å². The Hall–Kier alpha value is -1.02. The third-order valence-electron chi connectivity index (χ3n) is 2.94. The molecule has 1 aromatic rings. The Morgan fingerprint density at radius 1 is 1.12 bits per heavy atom. The van der Waals surface area contributed by atoms with Crippen LogP contribution in [0.25, 0.3) is 0 Å². The van der Waals surface area contributed by atoms with Crippen molar-refractivity contribution in [1.82, 2.24) is 0 Å². The van der Waals surface area contributed by atoms with E-state index >= 15 is 0 Å². The van der Waals surface area contributed by atoms with Crippen LogP contribution in [0.1, 0.15) is 38.7 Å². The van der Waals surface area contributed by atoms with Crippen LogP contribution < -0.4 is 4.74 Å². The van der Waals surface area contributed by atoms with Gasteiger partial charge in [-0.15, -0.1) is 0 Å². The van der Waals surface area contributed by atoms with Crippen molar-refractivity contribution < 1.29 is 9.84 Å². The van der Waals surface area contributed by atoms with E-state index in [-0.39, 0.29) is 6.10 Å². The summed E-state index contributed by atoms with van der Waals surface area (Å²) in [5.74, 6) is 1.82. The minimum atomic E-state index is -0.255. The maximum absolute atomic E-state index is 9.51. The zero-order valence-electron chi connectivity index (χ0n) is 10.6. The Morgan fingerprint density at radius 3 is 2.06 bits per heavy atom. The topological polar surface area (TPSA) is 29.5 Å². The molecule has 0 saturated carbocycles. The fourth-order valence-corrected chi connectivity index (χ4v) is 2.01. The van der Waals surface area contributed by atoms with Crippen LogP contribution in [0.5, 0.6) is 5.75 Å². The summed E-state index contributed by atoms with van der Waals surface area (Å²) in [4.78, 5) is 0. The molecule has 0 spiro atoms. The lowest BCUT2D eigenvalue weighted by Gasteiger charge is -2.23. The highest BCUT2D eigenvalue weighted by Crippen LogP contribution is 2.30. The first-order chi connectivity index (χ1) is 7.54. The molecule has 0 radical (unpaired) electrons. The first kappa shape index (κ1) is 13.0. The van der Waals surface area contributed by atoms with Crippen LogP contribution in [0.3, 0.4) is 0 Å². The molecule has 1 rings (SSSR count). The number of aliphatic hydroxyl groups excluding tert-OH is 1. The van der Waals surface area contributed by atoms with Crippen LogP contribution in [0, 0.1) is 5.92 Å². The number of hydrogen-bond acceptors (Lipinski definition) is 2. The molecule has 0 aliphatic rings. The Morgan fingerprint density at radius 2 is 1.69 bits per heavy atom. The van der Waals surface area contributed by atoms with E-state index in [2.05, 4.69) is 26.0 Å². The van der Waals surface area contributed by atoms with E-state index in [9.17, 15) is 5.11 Å². The van der Waals surface area contributed by atoms with Gasteiger partial charge in [0, 0.05) is 0 Å². The SMILES string of the molecule is COc1ccc([C@H](C[C@@H](C)O)C(C)C)cc1. The molecule has 0 aliphatic carbocycles. The Bertz CT molecular complexity index is 301. The minimum absolute atomic E-state index is 0.255. The van der Waals surface area contributed by atoms with Gasteiger partial charge >= 0.3 is 0 Å². The molecule has 0 aliphatic heterocycles. The second-order valence-electron chi connectivity index (χ2n) is 4.71. The van der Waals surface area contributed by atoms with Gasteiger partial charge in [-0.3, -0.25) is 0 Å². The summed E-state index contributed by atoms with van der Waals surface area (Å²) in [6.07, 6.45) is 0.554. The zero-order chi connectivity index (χ0) is 12.1. The molecule has 0 amide bonds.